The number of carbonyl (C=O) groups excluding carboxylic acids is 2. The van der Waals surface area contributed by atoms with Crippen LogP contribution in [-0.2, 0) is 20.8 Å². The Labute approximate surface area is 151 Å². The van der Waals surface area contributed by atoms with Crippen molar-refractivity contribution < 1.29 is 24.6 Å². The first-order chi connectivity index (χ1) is 12.2. The first kappa shape index (κ1) is 21.6. The predicted molar refractivity (Wildman–Crippen MR) is 92.9 cm³/mol. The quantitative estimate of drug-likeness (QED) is 0.299. The van der Waals surface area contributed by atoms with E-state index in [-0.39, 0.29) is 12.3 Å². The molecule has 2 amide bonds. The molecule has 7 N–H and O–H groups in total. The number of aromatic amines is 1. The van der Waals surface area contributed by atoms with E-state index in [1.54, 1.807) is 13.1 Å². The maximum absolute atomic E-state index is 12.5. The van der Waals surface area contributed by atoms with E-state index in [0.717, 1.165) is 0 Å². The number of aromatic nitrogens is 2. The molecule has 10 nitrogen and oxygen atoms in total. The normalized spacial score (nSPS) is 16.8. The topological polar surface area (TPSA) is 170 Å². The molecule has 1 rings (SSSR count). The van der Waals surface area contributed by atoms with Crippen molar-refractivity contribution in [2.75, 3.05) is 0 Å². The molecule has 0 fully saturated rings. The first-order valence-electron chi connectivity index (χ1n) is 8.41. The van der Waals surface area contributed by atoms with E-state index >= 15 is 0 Å². The Morgan fingerprint density at radius 1 is 1.23 bits per heavy atom. The van der Waals surface area contributed by atoms with Gasteiger partial charge in [0.1, 0.15) is 6.04 Å². The number of amides is 2. The number of rotatable bonds is 10. The van der Waals surface area contributed by atoms with Crippen LogP contribution in [0.25, 0.3) is 0 Å². The molecular weight excluding hydrogens is 342 g/mol. The Hall–Kier alpha value is -2.46. The molecule has 0 saturated heterocycles. The molecule has 10 heteroatoms. The summed E-state index contributed by atoms with van der Waals surface area (Å²) < 4.78 is 0. The third-order valence-corrected chi connectivity index (χ3v) is 4.17. The van der Waals surface area contributed by atoms with Crippen LogP contribution in [0.3, 0.4) is 0 Å². The number of imidazole rings is 1. The fraction of sp³-hybridized carbons (Fsp3) is 0.625. The van der Waals surface area contributed by atoms with E-state index < -0.39 is 42.0 Å². The molecule has 0 spiro atoms. The Balaban J connectivity index is 2.80. The Bertz CT molecular complexity index is 604. The summed E-state index contributed by atoms with van der Waals surface area (Å²) in [5, 5.41) is 23.4. The molecule has 0 aliphatic heterocycles. The van der Waals surface area contributed by atoms with Gasteiger partial charge in [-0.15, -0.1) is 0 Å². The van der Waals surface area contributed by atoms with Gasteiger partial charge in [0.2, 0.25) is 11.8 Å². The summed E-state index contributed by atoms with van der Waals surface area (Å²) in [4.78, 5) is 42.7. The number of nitrogens with zero attached hydrogens (tertiary/aromatic N) is 1. The number of carbonyl (C=O) groups is 3. The van der Waals surface area contributed by atoms with E-state index in [4.69, 9.17) is 10.8 Å². The zero-order valence-corrected chi connectivity index (χ0v) is 15.1. The average Bonchev–Trinajstić information content (AvgIpc) is 3.08. The number of H-pyrrole nitrogens is 1. The minimum atomic E-state index is -1.47. The number of nitrogens with two attached hydrogens (primary N) is 1. The number of aliphatic hydroxyl groups excluding tert-OH is 1. The third kappa shape index (κ3) is 6.12. The van der Waals surface area contributed by atoms with Crippen molar-refractivity contribution in [1.82, 2.24) is 20.6 Å². The summed E-state index contributed by atoms with van der Waals surface area (Å²) in [6.07, 6.45) is 2.52. The highest BCUT2D eigenvalue weighted by Gasteiger charge is 2.32. The van der Waals surface area contributed by atoms with Crippen LogP contribution in [0, 0.1) is 5.92 Å². The van der Waals surface area contributed by atoms with Crippen molar-refractivity contribution in [2.24, 2.45) is 11.7 Å². The number of aliphatic hydroxyl groups is 1. The number of carboxylic acid groups (broad SMARTS) is 1. The van der Waals surface area contributed by atoms with Crippen molar-refractivity contribution >= 4 is 17.8 Å². The van der Waals surface area contributed by atoms with Gasteiger partial charge in [-0.1, -0.05) is 20.3 Å². The second-order valence-corrected chi connectivity index (χ2v) is 6.32. The third-order valence-electron chi connectivity index (χ3n) is 4.17. The minimum absolute atomic E-state index is 0.214. The Kier molecular flexibility index (Phi) is 8.20. The van der Waals surface area contributed by atoms with Gasteiger partial charge >= 0.3 is 5.97 Å². The molecule has 146 valence electrons. The summed E-state index contributed by atoms with van der Waals surface area (Å²) in [5.41, 5.74) is 6.55. The summed E-state index contributed by atoms with van der Waals surface area (Å²) in [7, 11) is 0. The fourth-order valence-corrected chi connectivity index (χ4v) is 2.32. The van der Waals surface area contributed by atoms with Crippen LogP contribution >= 0.6 is 0 Å². The van der Waals surface area contributed by atoms with Gasteiger partial charge in [0, 0.05) is 18.3 Å². The largest absolute Gasteiger partial charge is 0.480 e. The second kappa shape index (κ2) is 9.88. The minimum Gasteiger partial charge on any atom is -0.480 e. The predicted octanol–water partition coefficient (Wildman–Crippen LogP) is -1.24. The monoisotopic (exact) mass is 369 g/mol. The van der Waals surface area contributed by atoms with Crippen LogP contribution in [-0.4, -0.2) is 62.2 Å². The average molecular weight is 369 g/mol. The molecular formula is C16H27N5O5. The van der Waals surface area contributed by atoms with Crippen LogP contribution in [0.1, 0.15) is 32.9 Å². The lowest BCUT2D eigenvalue weighted by molar-refractivity contribution is -0.145. The van der Waals surface area contributed by atoms with E-state index in [1.807, 2.05) is 6.92 Å². The molecule has 0 aromatic carbocycles. The smallest absolute Gasteiger partial charge is 0.328 e. The standard InChI is InChI=1S/C16H27N5O5/c1-4-8(2)12(15(24)21-13(9(3)22)16(25)26)20-14(23)11(17)5-10-6-18-7-19-10/h6-9,11-13,22H,4-5,17H2,1-3H3,(H,18,19)(H,20,23)(H,21,24)(H,25,26). The van der Waals surface area contributed by atoms with Gasteiger partial charge in [-0.2, -0.15) is 0 Å². The van der Waals surface area contributed by atoms with Crippen LogP contribution in [0.2, 0.25) is 0 Å². The van der Waals surface area contributed by atoms with Crippen molar-refractivity contribution in [1.29, 1.82) is 0 Å². The number of carboxylic acids is 1. The maximum Gasteiger partial charge on any atom is 0.328 e. The zero-order chi connectivity index (χ0) is 19.9. The van der Waals surface area contributed by atoms with Gasteiger partial charge in [-0.25, -0.2) is 9.78 Å². The zero-order valence-electron chi connectivity index (χ0n) is 15.1. The highest BCUT2D eigenvalue weighted by Crippen LogP contribution is 2.10. The number of hydrogen-bond acceptors (Lipinski definition) is 6. The second-order valence-electron chi connectivity index (χ2n) is 6.32. The van der Waals surface area contributed by atoms with Gasteiger partial charge in [0.15, 0.2) is 6.04 Å². The molecule has 5 atom stereocenters. The summed E-state index contributed by atoms with van der Waals surface area (Å²) in [6, 6.07) is -3.34. The van der Waals surface area contributed by atoms with Gasteiger partial charge in [0.05, 0.1) is 18.5 Å². The van der Waals surface area contributed by atoms with Crippen molar-refractivity contribution in [2.45, 2.75) is 57.8 Å². The molecule has 1 heterocycles. The highest BCUT2D eigenvalue weighted by molar-refractivity contribution is 5.92. The van der Waals surface area contributed by atoms with Crippen LogP contribution in [0.5, 0.6) is 0 Å². The SMILES string of the molecule is CCC(C)C(NC(=O)C(N)Cc1cnc[nH]1)C(=O)NC(C(=O)O)C(C)O. The summed E-state index contributed by atoms with van der Waals surface area (Å²) in [6.45, 7) is 4.85. The lowest BCUT2D eigenvalue weighted by atomic mass is 9.97. The first-order valence-corrected chi connectivity index (χ1v) is 8.41. The number of aliphatic carboxylic acids is 1. The van der Waals surface area contributed by atoms with Crippen LogP contribution in [0.15, 0.2) is 12.5 Å². The number of hydrogen-bond donors (Lipinski definition) is 6. The molecule has 0 bridgehead atoms. The van der Waals surface area contributed by atoms with E-state index in [1.165, 1.54) is 13.3 Å². The molecule has 1 aromatic rings. The molecule has 0 saturated carbocycles. The molecule has 1 aromatic heterocycles. The molecule has 26 heavy (non-hydrogen) atoms. The lowest BCUT2D eigenvalue weighted by Crippen LogP contribution is -2.58. The van der Waals surface area contributed by atoms with Gasteiger partial charge in [0.25, 0.3) is 0 Å². The van der Waals surface area contributed by atoms with E-state index in [9.17, 15) is 19.5 Å². The highest BCUT2D eigenvalue weighted by atomic mass is 16.4. The van der Waals surface area contributed by atoms with Crippen molar-refractivity contribution in [3.63, 3.8) is 0 Å². The van der Waals surface area contributed by atoms with Crippen LogP contribution < -0.4 is 16.4 Å². The molecule has 0 aliphatic carbocycles. The van der Waals surface area contributed by atoms with E-state index in [2.05, 4.69) is 20.6 Å². The fourth-order valence-electron chi connectivity index (χ4n) is 2.32. The summed E-state index contributed by atoms with van der Waals surface area (Å²) >= 11 is 0. The van der Waals surface area contributed by atoms with Gasteiger partial charge in [-0.05, 0) is 12.8 Å². The Morgan fingerprint density at radius 2 is 1.85 bits per heavy atom. The molecule has 0 aliphatic rings. The Morgan fingerprint density at radius 3 is 2.31 bits per heavy atom. The molecule has 5 unspecified atom stereocenters. The molecule has 0 radical (unpaired) electrons. The maximum atomic E-state index is 12.5. The number of nitrogens with one attached hydrogen (secondary N) is 3. The van der Waals surface area contributed by atoms with Crippen molar-refractivity contribution in [3.8, 4) is 0 Å². The van der Waals surface area contributed by atoms with Gasteiger partial charge < -0.3 is 31.6 Å². The van der Waals surface area contributed by atoms with Gasteiger partial charge in [-0.3, -0.25) is 9.59 Å². The van der Waals surface area contributed by atoms with E-state index in [0.29, 0.717) is 12.1 Å². The van der Waals surface area contributed by atoms with Crippen LogP contribution in [0.4, 0.5) is 0 Å². The summed E-state index contributed by atoms with van der Waals surface area (Å²) in [5.74, 6) is -2.85. The van der Waals surface area contributed by atoms with Crippen molar-refractivity contribution in [3.05, 3.63) is 18.2 Å². The lowest BCUT2D eigenvalue weighted by Gasteiger charge is -2.27.